The number of non-ortho nitro benzene ring substituents is 1. The topological polar surface area (TPSA) is 118 Å². The number of thioether (sulfide) groups is 1. The van der Waals surface area contributed by atoms with E-state index in [1.165, 1.54) is 29.5 Å². The Morgan fingerprint density at radius 1 is 1.38 bits per heavy atom. The van der Waals surface area contributed by atoms with Gasteiger partial charge in [-0.05, 0) is 36.4 Å². The van der Waals surface area contributed by atoms with Gasteiger partial charge < -0.3 is 10.3 Å². The molecule has 0 saturated carbocycles. The number of carbonyl (C=O) groups excluding carboxylic acids is 1. The molecule has 3 aromatic rings. The number of aromatic nitrogens is 2. The third kappa shape index (κ3) is 3.75. The lowest BCUT2D eigenvalue weighted by Crippen LogP contribution is -2.16. The molecule has 1 amide bonds. The van der Waals surface area contributed by atoms with Crippen LogP contribution in [-0.4, -0.2) is 26.6 Å². The lowest BCUT2D eigenvalue weighted by molar-refractivity contribution is -0.384. The predicted molar refractivity (Wildman–Crippen MR) is 102 cm³/mol. The number of hydrogen-bond donors (Lipinski definition) is 2. The van der Waals surface area contributed by atoms with Crippen LogP contribution in [0, 0.1) is 24.0 Å². The number of nitrogens with zero attached hydrogens (tertiary/aromatic N) is 2. The summed E-state index contributed by atoms with van der Waals surface area (Å²) in [5.74, 6) is -0.244. The predicted octanol–water partition coefficient (Wildman–Crippen LogP) is 3.24. The standard InChI is InChI=1S/C16H14N4O4S2/c1-8-5-10(20(23)24)3-4-11(8)17-12(21)7-26-16-18-14(22)13-9(2)6-25-15(13)19-16/h3-6H,7H2,1-2H3,(H,17,21)(H,18,19,22). The molecule has 0 fully saturated rings. The Hall–Kier alpha value is -2.72. The number of thiophene rings is 1. The lowest BCUT2D eigenvalue weighted by atomic mass is 10.2. The summed E-state index contributed by atoms with van der Waals surface area (Å²) in [4.78, 5) is 42.1. The first-order chi connectivity index (χ1) is 12.3. The molecule has 134 valence electrons. The number of carbonyl (C=O) groups is 1. The highest BCUT2D eigenvalue weighted by Gasteiger charge is 2.13. The molecule has 2 heterocycles. The summed E-state index contributed by atoms with van der Waals surface area (Å²) in [6, 6.07) is 4.23. The van der Waals surface area contributed by atoms with E-state index in [0.29, 0.717) is 26.6 Å². The van der Waals surface area contributed by atoms with Crippen molar-refractivity contribution in [1.82, 2.24) is 9.97 Å². The van der Waals surface area contributed by atoms with Crippen LogP contribution in [0.5, 0.6) is 0 Å². The SMILES string of the molecule is Cc1cc([N+](=O)[O-])ccc1NC(=O)CSc1nc2scc(C)c2c(=O)[nH]1. The number of nitro groups is 1. The molecular formula is C16H14N4O4S2. The molecule has 2 N–H and O–H groups in total. The first-order valence-corrected chi connectivity index (χ1v) is 9.37. The summed E-state index contributed by atoms with van der Waals surface area (Å²) in [6.07, 6.45) is 0. The Morgan fingerprint density at radius 3 is 2.85 bits per heavy atom. The number of amides is 1. The van der Waals surface area contributed by atoms with E-state index in [9.17, 15) is 19.7 Å². The second-order valence-electron chi connectivity index (χ2n) is 5.56. The first kappa shape index (κ1) is 18.1. The van der Waals surface area contributed by atoms with Crippen molar-refractivity contribution in [2.45, 2.75) is 19.0 Å². The number of rotatable bonds is 5. The third-order valence-electron chi connectivity index (χ3n) is 3.64. The molecular weight excluding hydrogens is 376 g/mol. The van der Waals surface area contributed by atoms with Crippen LogP contribution < -0.4 is 10.9 Å². The molecule has 0 aliphatic carbocycles. The minimum Gasteiger partial charge on any atom is -0.325 e. The van der Waals surface area contributed by atoms with Crippen LogP contribution in [0.15, 0.2) is 33.5 Å². The van der Waals surface area contributed by atoms with Crippen molar-refractivity contribution in [2.75, 3.05) is 11.1 Å². The maximum absolute atomic E-state index is 12.1. The van der Waals surface area contributed by atoms with Gasteiger partial charge >= 0.3 is 0 Å². The van der Waals surface area contributed by atoms with E-state index in [1.807, 2.05) is 12.3 Å². The van der Waals surface area contributed by atoms with Crippen molar-refractivity contribution < 1.29 is 9.72 Å². The molecule has 0 bridgehead atoms. The van der Waals surface area contributed by atoms with Gasteiger partial charge in [-0.2, -0.15) is 0 Å². The maximum Gasteiger partial charge on any atom is 0.269 e. The summed E-state index contributed by atoms with van der Waals surface area (Å²) in [6.45, 7) is 3.53. The number of H-pyrrole nitrogens is 1. The van der Waals surface area contributed by atoms with E-state index in [1.54, 1.807) is 6.92 Å². The van der Waals surface area contributed by atoms with Crippen molar-refractivity contribution in [3.05, 3.63) is 55.2 Å². The van der Waals surface area contributed by atoms with E-state index in [-0.39, 0.29) is 22.9 Å². The van der Waals surface area contributed by atoms with E-state index in [4.69, 9.17) is 0 Å². The van der Waals surface area contributed by atoms with Crippen LogP contribution >= 0.6 is 23.1 Å². The molecule has 0 aliphatic heterocycles. The molecule has 2 aromatic heterocycles. The number of hydrogen-bond acceptors (Lipinski definition) is 7. The molecule has 0 radical (unpaired) electrons. The molecule has 8 nitrogen and oxygen atoms in total. The van der Waals surface area contributed by atoms with Crippen LogP contribution in [0.25, 0.3) is 10.2 Å². The minimum atomic E-state index is -0.487. The van der Waals surface area contributed by atoms with Gasteiger partial charge in [0, 0.05) is 17.8 Å². The summed E-state index contributed by atoms with van der Waals surface area (Å²) in [5.41, 5.74) is 1.73. The highest BCUT2D eigenvalue weighted by atomic mass is 32.2. The van der Waals surface area contributed by atoms with E-state index >= 15 is 0 Å². The smallest absolute Gasteiger partial charge is 0.269 e. The van der Waals surface area contributed by atoms with Crippen molar-refractivity contribution in [3.8, 4) is 0 Å². The van der Waals surface area contributed by atoms with E-state index in [2.05, 4.69) is 15.3 Å². The molecule has 0 saturated heterocycles. The van der Waals surface area contributed by atoms with Crippen molar-refractivity contribution >= 4 is 50.6 Å². The Bertz CT molecular complexity index is 1070. The molecule has 0 spiro atoms. The summed E-state index contributed by atoms with van der Waals surface area (Å²) < 4.78 is 0. The summed E-state index contributed by atoms with van der Waals surface area (Å²) in [7, 11) is 0. The highest BCUT2D eigenvalue weighted by Crippen LogP contribution is 2.24. The number of nitro benzene ring substituents is 1. The molecule has 0 aliphatic rings. The highest BCUT2D eigenvalue weighted by molar-refractivity contribution is 7.99. The Morgan fingerprint density at radius 2 is 2.15 bits per heavy atom. The molecule has 0 atom stereocenters. The van der Waals surface area contributed by atoms with Crippen molar-refractivity contribution in [1.29, 1.82) is 0 Å². The third-order valence-corrected chi connectivity index (χ3v) is 5.50. The molecule has 10 heteroatoms. The van der Waals surface area contributed by atoms with Gasteiger partial charge in [0.15, 0.2) is 5.16 Å². The monoisotopic (exact) mass is 390 g/mol. The number of fused-ring (bicyclic) bond motifs is 1. The zero-order valence-corrected chi connectivity index (χ0v) is 15.5. The fraction of sp³-hybridized carbons (Fsp3) is 0.188. The minimum absolute atomic E-state index is 0.0313. The van der Waals surface area contributed by atoms with Crippen LogP contribution in [0.1, 0.15) is 11.1 Å². The summed E-state index contributed by atoms with van der Waals surface area (Å²) >= 11 is 2.50. The van der Waals surface area contributed by atoms with Gasteiger partial charge in [-0.25, -0.2) is 4.98 Å². The van der Waals surface area contributed by atoms with Crippen LogP contribution in [-0.2, 0) is 4.79 Å². The number of nitrogens with one attached hydrogen (secondary N) is 2. The van der Waals surface area contributed by atoms with Gasteiger partial charge in [-0.1, -0.05) is 11.8 Å². The number of aryl methyl sites for hydroxylation is 2. The average Bonchev–Trinajstić information content (AvgIpc) is 2.96. The van der Waals surface area contributed by atoms with Crippen molar-refractivity contribution in [3.63, 3.8) is 0 Å². The van der Waals surface area contributed by atoms with E-state index in [0.717, 1.165) is 17.3 Å². The Kier molecular flexibility index (Phi) is 5.05. The van der Waals surface area contributed by atoms with Gasteiger partial charge in [0.1, 0.15) is 4.83 Å². The lowest BCUT2D eigenvalue weighted by Gasteiger charge is -2.08. The quantitative estimate of drug-likeness (QED) is 0.299. The van der Waals surface area contributed by atoms with Gasteiger partial charge in [0.2, 0.25) is 5.91 Å². The molecule has 26 heavy (non-hydrogen) atoms. The van der Waals surface area contributed by atoms with Crippen molar-refractivity contribution in [2.24, 2.45) is 0 Å². The van der Waals surface area contributed by atoms with Gasteiger partial charge in [-0.3, -0.25) is 19.7 Å². The molecule has 0 unspecified atom stereocenters. The van der Waals surface area contributed by atoms with Crippen LogP contribution in [0.4, 0.5) is 11.4 Å². The zero-order valence-electron chi connectivity index (χ0n) is 13.9. The second kappa shape index (κ2) is 7.26. The van der Waals surface area contributed by atoms with Gasteiger partial charge in [0.05, 0.1) is 16.1 Å². The normalized spacial score (nSPS) is 10.8. The Balaban J connectivity index is 1.68. The van der Waals surface area contributed by atoms with Gasteiger partial charge in [0.25, 0.3) is 11.2 Å². The van der Waals surface area contributed by atoms with E-state index < -0.39 is 4.92 Å². The zero-order chi connectivity index (χ0) is 18.8. The van der Waals surface area contributed by atoms with Crippen LogP contribution in [0.3, 0.4) is 0 Å². The number of benzene rings is 1. The molecule has 3 rings (SSSR count). The first-order valence-electron chi connectivity index (χ1n) is 7.51. The van der Waals surface area contributed by atoms with Crippen LogP contribution in [0.2, 0.25) is 0 Å². The van der Waals surface area contributed by atoms with Gasteiger partial charge in [-0.15, -0.1) is 11.3 Å². The maximum atomic E-state index is 12.1. The fourth-order valence-electron chi connectivity index (χ4n) is 2.36. The number of aromatic amines is 1. The molecule has 1 aromatic carbocycles. The Labute approximate surface area is 155 Å². The second-order valence-corrected chi connectivity index (χ2v) is 7.39. The fourth-order valence-corrected chi connectivity index (χ4v) is 4.00. The largest absolute Gasteiger partial charge is 0.325 e. The average molecular weight is 390 g/mol. The number of anilines is 1. The summed E-state index contributed by atoms with van der Waals surface area (Å²) in [5, 5.41) is 16.3.